The summed E-state index contributed by atoms with van der Waals surface area (Å²) in [5.74, 6) is -0.860. The highest BCUT2D eigenvalue weighted by atomic mass is 19.4. The molecule has 1 fully saturated rings. The lowest BCUT2D eigenvalue weighted by Crippen LogP contribution is -2.61. The summed E-state index contributed by atoms with van der Waals surface area (Å²) in [6.07, 6.45) is 34.7. The molecule has 0 aromatic rings. The summed E-state index contributed by atoms with van der Waals surface area (Å²) in [5.41, 5.74) is 0. The molecule has 0 aromatic carbocycles. The number of nitrogens with zero attached hydrogens (tertiary/aromatic N) is 1. The molecule has 1 aliphatic rings. The van der Waals surface area contributed by atoms with Gasteiger partial charge in [0.1, 0.15) is 13.2 Å². The van der Waals surface area contributed by atoms with Gasteiger partial charge in [0, 0.05) is 25.9 Å². The number of hydrogen-bond donors (Lipinski definition) is 1. The number of carbonyl (C=O) groups is 3. The molecule has 1 rings (SSSR count). The van der Waals surface area contributed by atoms with Crippen LogP contribution < -0.4 is 5.32 Å². The number of alkyl halides is 3. The normalized spacial score (nSPS) is 14.4. The minimum absolute atomic E-state index is 0.0643. The second-order valence-electron chi connectivity index (χ2n) is 15.4. The maximum Gasteiger partial charge on any atom is 0.407 e. The SMILES string of the molecule is CCCCC/C=C\C/C=C\CCCCCCCC(=O)OCC(COC(=O)NC1CN(CC(F)(F)F)C1)OC(=O)CCCCCCC/C=C\CCCCCCCC. The van der Waals surface area contributed by atoms with E-state index in [0.717, 1.165) is 83.5 Å². The number of likely N-dealkylation sites (tertiary alicyclic amines) is 1. The van der Waals surface area contributed by atoms with Crippen molar-refractivity contribution in [3.63, 3.8) is 0 Å². The number of hydrogen-bond acceptors (Lipinski definition) is 7. The second kappa shape index (κ2) is 35.4. The molecule has 0 bridgehead atoms. The molecule has 56 heavy (non-hydrogen) atoms. The van der Waals surface area contributed by atoms with Gasteiger partial charge in [0.05, 0.1) is 12.6 Å². The third kappa shape index (κ3) is 33.3. The number of carbonyl (C=O) groups excluding carboxylic acids is 3. The van der Waals surface area contributed by atoms with E-state index in [4.69, 9.17) is 14.2 Å². The number of alkyl carbamates (subject to hydrolysis) is 1. The Morgan fingerprint density at radius 1 is 0.607 bits per heavy atom. The van der Waals surface area contributed by atoms with E-state index in [9.17, 15) is 27.6 Å². The number of halogens is 3. The molecule has 8 nitrogen and oxygen atoms in total. The number of rotatable bonds is 36. The average molecular weight is 799 g/mol. The van der Waals surface area contributed by atoms with Crippen LogP contribution in [-0.4, -0.2) is 74.1 Å². The van der Waals surface area contributed by atoms with Crippen molar-refractivity contribution in [1.82, 2.24) is 10.2 Å². The Kier molecular flexibility index (Phi) is 32.3. The van der Waals surface area contributed by atoms with E-state index in [1.54, 1.807) is 0 Å². The number of amides is 1. The molecule has 1 amide bonds. The molecule has 11 heteroatoms. The number of unbranched alkanes of at least 4 members (excludes halogenated alkanes) is 19. The predicted molar refractivity (Wildman–Crippen MR) is 220 cm³/mol. The third-order valence-corrected chi connectivity index (χ3v) is 9.78. The largest absolute Gasteiger partial charge is 0.462 e. The highest BCUT2D eigenvalue weighted by molar-refractivity contribution is 5.70. The molecule has 1 unspecified atom stereocenters. The lowest BCUT2D eigenvalue weighted by atomic mass is 10.1. The molecule has 1 heterocycles. The van der Waals surface area contributed by atoms with Gasteiger partial charge in [-0.1, -0.05) is 134 Å². The van der Waals surface area contributed by atoms with Gasteiger partial charge in [-0.3, -0.25) is 14.5 Å². The Hall–Kier alpha value is -2.82. The Bertz CT molecular complexity index is 1070. The van der Waals surface area contributed by atoms with Crippen LogP contribution >= 0.6 is 0 Å². The van der Waals surface area contributed by atoms with Crippen LogP contribution in [0.3, 0.4) is 0 Å². The predicted octanol–water partition coefficient (Wildman–Crippen LogP) is 12.3. The standard InChI is InChI=1S/C45H77F3N2O6/c1-3-5-7-9-11-13-15-17-19-21-23-25-27-29-31-33-42(51)54-37-41(38-55-44(53)49-40-35-50(36-40)39-45(46,47)48)56-43(52)34-32-30-28-26-24-22-20-18-16-14-12-10-8-6-4-2/h11,13,17-20,40-41H,3-10,12,14-16,21-39H2,1-2H3,(H,49,53)/b13-11-,19-17-,20-18-. The van der Waals surface area contributed by atoms with E-state index >= 15 is 0 Å². The summed E-state index contributed by atoms with van der Waals surface area (Å²) in [6, 6.07) is -0.464. The topological polar surface area (TPSA) is 94.2 Å². The number of nitrogens with one attached hydrogen (secondary N) is 1. The number of ether oxygens (including phenoxy) is 3. The van der Waals surface area contributed by atoms with Crippen molar-refractivity contribution < 1.29 is 41.8 Å². The zero-order valence-electron chi connectivity index (χ0n) is 35.1. The van der Waals surface area contributed by atoms with Crippen LogP contribution in [0.1, 0.15) is 181 Å². The van der Waals surface area contributed by atoms with Gasteiger partial charge in [0.2, 0.25) is 0 Å². The van der Waals surface area contributed by atoms with Gasteiger partial charge in [-0.15, -0.1) is 0 Å². The second-order valence-corrected chi connectivity index (χ2v) is 15.4. The van der Waals surface area contributed by atoms with Crippen molar-refractivity contribution in [3.05, 3.63) is 36.5 Å². The van der Waals surface area contributed by atoms with Crippen molar-refractivity contribution in [2.75, 3.05) is 32.8 Å². The Morgan fingerprint density at radius 2 is 1.04 bits per heavy atom. The van der Waals surface area contributed by atoms with Crippen molar-refractivity contribution >= 4 is 18.0 Å². The van der Waals surface area contributed by atoms with Crippen LogP contribution in [0.5, 0.6) is 0 Å². The lowest BCUT2D eigenvalue weighted by molar-refractivity contribution is -0.161. The third-order valence-electron chi connectivity index (χ3n) is 9.78. The summed E-state index contributed by atoms with van der Waals surface area (Å²) in [4.78, 5) is 38.6. The van der Waals surface area contributed by atoms with E-state index in [1.165, 1.54) is 62.7 Å². The van der Waals surface area contributed by atoms with Crippen LogP contribution in [0.2, 0.25) is 0 Å². The highest BCUT2D eigenvalue weighted by Crippen LogP contribution is 2.20. The molecular formula is C45H77F3N2O6. The van der Waals surface area contributed by atoms with Crippen LogP contribution in [0.4, 0.5) is 18.0 Å². The van der Waals surface area contributed by atoms with Crippen LogP contribution in [0.25, 0.3) is 0 Å². The smallest absolute Gasteiger partial charge is 0.407 e. The van der Waals surface area contributed by atoms with Gasteiger partial charge in [-0.2, -0.15) is 13.2 Å². The fourth-order valence-corrected chi connectivity index (χ4v) is 6.46. The first-order valence-corrected chi connectivity index (χ1v) is 22.1. The fourth-order valence-electron chi connectivity index (χ4n) is 6.46. The zero-order valence-corrected chi connectivity index (χ0v) is 35.1. The summed E-state index contributed by atoms with van der Waals surface area (Å²) >= 11 is 0. The van der Waals surface area contributed by atoms with E-state index < -0.39 is 42.9 Å². The van der Waals surface area contributed by atoms with Crippen molar-refractivity contribution in [2.24, 2.45) is 0 Å². The Balaban J connectivity index is 2.30. The summed E-state index contributed by atoms with van der Waals surface area (Å²) in [7, 11) is 0. The first-order valence-electron chi connectivity index (χ1n) is 22.1. The Morgan fingerprint density at radius 3 is 1.57 bits per heavy atom. The van der Waals surface area contributed by atoms with E-state index in [1.807, 2.05) is 0 Å². The fraction of sp³-hybridized carbons (Fsp3) is 0.800. The monoisotopic (exact) mass is 799 g/mol. The zero-order chi connectivity index (χ0) is 41.0. The maximum atomic E-state index is 12.7. The minimum atomic E-state index is -4.30. The van der Waals surface area contributed by atoms with Crippen molar-refractivity contribution in [3.8, 4) is 0 Å². The lowest BCUT2D eigenvalue weighted by Gasteiger charge is -2.39. The summed E-state index contributed by atoms with van der Waals surface area (Å²) < 4.78 is 53.9. The molecule has 0 spiro atoms. The number of esters is 2. The quantitative estimate of drug-likeness (QED) is 0.0292. The molecule has 324 valence electrons. The molecule has 1 atom stereocenters. The van der Waals surface area contributed by atoms with E-state index in [2.05, 4.69) is 55.6 Å². The summed E-state index contributed by atoms with van der Waals surface area (Å²) in [6.45, 7) is 2.97. The molecule has 0 aromatic heterocycles. The molecule has 0 radical (unpaired) electrons. The first kappa shape index (κ1) is 51.2. The molecule has 0 aliphatic carbocycles. The van der Waals surface area contributed by atoms with Crippen LogP contribution in [-0.2, 0) is 23.8 Å². The first-order chi connectivity index (χ1) is 27.1. The minimum Gasteiger partial charge on any atom is -0.462 e. The molecule has 0 saturated carbocycles. The highest BCUT2D eigenvalue weighted by Gasteiger charge is 2.37. The van der Waals surface area contributed by atoms with Gasteiger partial charge in [0.15, 0.2) is 6.10 Å². The summed E-state index contributed by atoms with van der Waals surface area (Å²) in [5, 5.41) is 2.53. The Labute approximate surface area is 337 Å². The van der Waals surface area contributed by atoms with Crippen molar-refractivity contribution in [1.29, 1.82) is 0 Å². The van der Waals surface area contributed by atoms with Gasteiger partial charge in [-0.25, -0.2) is 4.79 Å². The van der Waals surface area contributed by atoms with E-state index in [-0.39, 0.29) is 39.1 Å². The molecule has 1 N–H and O–H groups in total. The van der Waals surface area contributed by atoms with Gasteiger partial charge in [0.25, 0.3) is 0 Å². The van der Waals surface area contributed by atoms with Gasteiger partial charge in [-0.05, 0) is 70.6 Å². The molecular weight excluding hydrogens is 721 g/mol. The van der Waals surface area contributed by atoms with Crippen LogP contribution in [0, 0.1) is 0 Å². The molecule has 1 aliphatic heterocycles. The maximum absolute atomic E-state index is 12.7. The van der Waals surface area contributed by atoms with Crippen molar-refractivity contribution in [2.45, 2.75) is 199 Å². The molecule has 1 saturated heterocycles. The van der Waals surface area contributed by atoms with E-state index in [0.29, 0.717) is 12.8 Å². The van der Waals surface area contributed by atoms with Gasteiger partial charge >= 0.3 is 24.2 Å². The van der Waals surface area contributed by atoms with Gasteiger partial charge < -0.3 is 19.5 Å². The van der Waals surface area contributed by atoms with Crippen LogP contribution in [0.15, 0.2) is 36.5 Å². The number of allylic oxidation sites excluding steroid dienone is 6. The average Bonchev–Trinajstić information content (AvgIpc) is 3.14.